The number of nitrogens with zero attached hydrogens (tertiary/aromatic N) is 2. The summed E-state index contributed by atoms with van der Waals surface area (Å²) in [6.07, 6.45) is 3.19. The van der Waals surface area contributed by atoms with E-state index in [2.05, 4.69) is 9.99 Å². The third-order valence-electron chi connectivity index (χ3n) is 1.70. The van der Waals surface area contributed by atoms with E-state index < -0.39 is 11.8 Å². The Labute approximate surface area is 87.0 Å². The number of aromatic nitrogens is 1. The number of oxime groups is 1. The van der Waals surface area contributed by atoms with E-state index in [1.54, 1.807) is 10.6 Å². The number of aryl methyl sites for hydroxylation is 1. The van der Waals surface area contributed by atoms with Gasteiger partial charge in [-0.15, -0.1) is 0 Å². The molecule has 0 N–H and O–H groups in total. The molecule has 0 saturated heterocycles. The van der Waals surface area contributed by atoms with Gasteiger partial charge in [0.25, 0.3) is 0 Å². The number of hydrogen-bond acceptors (Lipinski definition) is 4. The second-order valence-electron chi connectivity index (χ2n) is 2.91. The zero-order chi connectivity index (χ0) is 11.3. The van der Waals surface area contributed by atoms with Crippen LogP contribution in [0.1, 0.15) is 12.6 Å². The number of pyridine rings is 1. The van der Waals surface area contributed by atoms with E-state index in [1.165, 1.54) is 6.21 Å². The molecule has 0 aliphatic rings. The smallest absolute Gasteiger partial charge is 0.309 e. The molecule has 1 aromatic heterocycles. The van der Waals surface area contributed by atoms with Crippen LogP contribution in [-0.2, 0) is 21.5 Å². The van der Waals surface area contributed by atoms with Gasteiger partial charge in [0.05, 0.1) is 0 Å². The Bertz CT molecular complexity index is 413. The van der Waals surface area contributed by atoms with Crippen molar-refractivity contribution in [3.63, 3.8) is 0 Å². The molecule has 0 aromatic carbocycles. The lowest BCUT2D eigenvalue weighted by atomic mass is 10.4. The van der Waals surface area contributed by atoms with Crippen LogP contribution in [0.4, 0.5) is 0 Å². The molecule has 0 saturated carbocycles. The summed E-state index contributed by atoms with van der Waals surface area (Å²) in [5.41, 5.74) is 0.758. The first-order valence-electron chi connectivity index (χ1n) is 4.31. The van der Waals surface area contributed by atoms with Crippen molar-refractivity contribution in [2.24, 2.45) is 12.2 Å². The van der Waals surface area contributed by atoms with Crippen molar-refractivity contribution < 1.29 is 19.0 Å². The van der Waals surface area contributed by atoms with Crippen molar-refractivity contribution in [3.05, 3.63) is 30.1 Å². The molecule has 78 valence electrons. The molecule has 5 nitrogen and oxygen atoms in total. The topological polar surface area (TPSA) is 59.6 Å². The SMILES string of the molecule is CC(=O)C(=O)ON=Cc1cccc[n+]1C. The van der Waals surface area contributed by atoms with Gasteiger partial charge in [0.1, 0.15) is 13.3 Å². The van der Waals surface area contributed by atoms with Gasteiger partial charge >= 0.3 is 5.97 Å². The second kappa shape index (κ2) is 4.99. The minimum absolute atomic E-state index is 0.676. The highest BCUT2D eigenvalue weighted by atomic mass is 16.7. The summed E-state index contributed by atoms with van der Waals surface area (Å²) in [5, 5.41) is 3.41. The Morgan fingerprint density at radius 3 is 2.80 bits per heavy atom. The maximum Gasteiger partial charge on any atom is 0.400 e. The van der Waals surface area contributed by atoms with Gasteiger partial charge in [0.15, 0.2) is 6.20 Å². The molecule has 0 bridgehead atoms. The van der Waals surface area contributed by atoms with E-state index in [4.69, 9.17) is 0 Å². The van der Waals surface area contributed by atoms with Gasteiger partial charge in [-0.2, -0.15) is 0 Å². The Morgan fingerprint density at radius 1 is 1.47 bits per heavy atom. The minimum Gasteiger partial charge on any atom is -0.309 e. The Kier molecular flexibility index (Phi) is 3.68. The van der Waals surface area contributed by atoms with Crippen molar-refractivity contribution in [2.45, 2.75) is 6.92 Å². The highest BCUT2D eigenvalue weighted by Gasteiger charge is 2.08. The number of rotatable bonds is 3. The van der Waals surface area contributed by atoms with Crippen LogP contribution in [0.3, 0.4) is 0 Å². The summed E-state index contributed by atoms with van der Waals surface area (Å²) in [4.78, 5) is 25.6. The molecule has 0 radical (unpaired) electrons. The third-order valence-corrected chi connectivity index (χ3v) is 1.70. The van der Waals surface area contributed by atoms with Gasteiger partial charge in [0.2, 0.25) is 11.5 Å². The van der Waals surface area contributed by atoms with Crippen LogP contribution in [0, 0.1) is 0 Å². The van der Waals surface area contributed by atoms with Gasteiger partial charge in [0, 0.05) is 19.1 Å². The lowest BCUT2D eigenvalue weighted by Gasteiger charge is -1.92. The average Bonchev–Trinajstić information content (AvgIpc) is 2.20. The second-order valence-corrected chi connectivity index (χ2v) is 2.91. The van der Waals surface area contributed by atoms with Gasteiger partial charge in [-0.05, 0) is 6.07 Å². The molecule has 0 aliphatic carbocycles. The third kappa shape index (κ3) is 3.30. The van der Waals surface area contributed by atoms with Crippen LogP contribution in [-0.4, -0.2) is 18.0 Å². The maximum atomic E-state index is 10.7. The van der Waals surface area contributed by atoms with E-state index in [-0.39, 0.29) is 0 Å². The molecule has 0 amide bonds. The average molecular weight is 207 g/mol. The highest BCUT2D eigenvalue weighted by molar-refractivity contribution is 6.32. The van der Waals surface area contributed by atoms with E-state index in [0.29, 0.717) is 0 Å². The van der Waals surface area contributed by atoms with E-state index in [0.717, 1.165) is 12.6 Å². The summed E-state index contributed by atoms with van der Waals surface area (Å²) in [6.45, 7) is 1.13. The first-order valence-corrected chi connectivity index (χ1v) is 4.31. The number of Topliss-reactive ketones (excluding diaryl/α,β-unsaturated/α-hetero) is 1. The highest BCUT2D eigenvalue weighted by Crippen LogP contribution is 1.87. The molecule has 0 fully saturated rings. The molecular formula is C10H11N2O3+. The first-order chi connectivity index (χ1) is 7.11. The number of hydrogen-bond donors (Lipinski definition) is 0. The molecule has 15 heavy (non-hydrogen) atoms. The van der Waals surface area contributed by atoms with Crippen molar-refractivity contribution in [1.29, 1.82) is 0 Å². The molecule has 1 rings (SSSR count). The first kappa shape index (κ1) is 11.0. The molecular weight excluding hydrogens is 196 g/mol. The van der Waals surface area contributed by atoms with Crippen LogP contribution in [0.5, 0.6) is 0 Å². The van der Waals surface area contributed by atoms with Crippen molar-refractivity contribution >= 4 is 18.0 Å². The van der Waals surface area contributed by atoms with Gasteiger partial charge < -0.3 is 4.84 Å². The summed E-state index contributed by atoms with van der Waals surface area (Å²) >= 11 is 0. The summed E-state index contributed by atoms with van der Waals surface area (Å²) in [7, 11) is 1.83. The minimum atomic E-state index is -0.968. The Hall–Kier alpha value is -2.04. The van der Waals surface area contributed by atoms with E-state index in [1.807, 2.05) is 25.4 Å². The van der Waals surface area contributed by atoms with Crippen molar-refractivity contribution in [1.82, 2.24) is 0 Å². The van der Waals surface area contributed by atoms with Gasteiger partial charge in [-0.25, -0.2) is 9.36 Å². The lowest BCUT2D eigenvalue weighted by Crippen LogP contribution is -2.32. The maximum absolute atomic E-state index is 10.7. The van der Waals surface area contributed by atoms with E-state index >= 15 is 0 Å². The quantitative estimate of drug-likeness (QED) is 0.230. The fourth-order valence-corrected chi connectivity index (χ4v) is 0.863. The number of carbonyl (C=O) groups excluding carboxylic acids is 2. The van der Waals surface area contributed by atoms with E-state index in [9.17, 15) is 9.59 Å². The number of ketones is 1. The summed E-state index contributed by atoms with van der Waals surface area (Å²) < 4.78 is 1.80. The molecule has 1 aromatic rings. The van der Waals surface area contributed by atoms with Crippen LogP contribution < -0.4 is 4.57 Å². The largest absolute Gasteiger partial charge is 0.400 e. The molecule has 0 spiro atoms. The van der Waals surface area contributed by atoms with Gasteiger partial charge in [-0.3, -0.25) is 4.79 Å². The van der Waals surface area contributed by atoms with Crippen LogP contribution >= 0.6 is 0 Å². The van der Waals surface area contributed by atoms with Crippen molar-refractivity contribution in [3.8, 4) is 0 Å². The molecule has 0 atom stereocenters. The number of carbonyl (C=O) groups is 2. The van der Waals surface area contributed by atoms with Crippen LogP contribution in [0.25, 0.3) is 0 Å². The van der Waals surface area contributed by atoms with Crippen molar-refractivity contribution in [2.75, 3.05) is 0 Å². The van der Waals surface area contributed by atoms with Crippen LogP contribution in [0.2, 0.25) is 0 Å². The zero-order valence-electron chi connectivity index (χ0n) is 8.51. The van der Waals surface area contributed by atoms with Gasteiger partial charge in [-0.1, -0.05) is 5.16 Å². The Morgan fingerprint density at radius 2 is 2.20 bits per heavy atom. The predicted octanol–water partition coefficient (Wildman–Crippen LogP) is -0.0228. The monoisotopic (exact) mass is 207 g/mol. The summed E-state index contributed by atoms with van der Waals surface area (Å²) in [5.74, 6) is -1.64. The molecule has 0 aliphatic heterocycles. The predicted molar refractivity (Wildman–Crippen MR) is 52.0 cm³/mol. The van der Waals surface area contributed by atoms with Crippen LogP contribution in [0.15, 0.2) is 29.6 Å². The fraction of sp³-hybridized carbons (Fsp3) is 0.200. The molecule has 5 heteroatoms. The lowest BCUT2D eigenvalue weighted by molar-refractivity contribution is -0.672. The normalized spacial score (nSPS) is 10.3. The standard InChI is InChI=1S/C10H11N2O3/c1-8(13)10(14)15-11-7-9-5-3-4-6-12(9)2/h3-7H,1-2H3/q+1. The molecule has 0 unspecified atom stereocenters. The fourth-order valence-electron chi connectivity index (χ4n) is 0.863. The zero-order valence-corrected chi connectivity index (χ0v) is 8.51. The molecule has 1 heterocycles. The summed E-state index contributed by atoms with van der Waals surface area (Å²) in [6, 6.07) is 5.48. The Balaban J connectivity index is 2.63.